The highest BCUT2D eigenvalue weighted by molar-refractivity contribution is 5.76. The Hall–Kier alpha value is -1.10. The van der Waals surface area contributed by atoms with Gasteiger partial charge in [0.1, 0.15) is 0 Å². The number of hydrogen-bond donors (Lipinski definition) is 1. The fourth-order valence-electron chi connectivity index (χ4n) is 2.24. The Morgan fingerprint density at radius 1 is 1.21 bits per heavy atom. The summed E-state index contributed by atoms with van der Waals surface area (Å²) in [6, 6.07) is 0. The number of ether oxygens (including phenoxy) is 2. The summed E-state index contributed by atoms with van der Waals surface area (Å²) >= 11 is 0. The van der Waals surface area contributed by atoms with Crippen molar-refractivity contribution in [1.82, 2.24) is 5.32 Å². The number of nitrogens with one attached hydrogen (secondary N) is 1. The molecule has 1 saturated carbocycles. The molecule has 0 spiro atoms. The molecule has 0 aromatic rings. The fraction of sp³-hybridized carbons (Fsp3) is 0.857. The third-order valence-corrected chi connectivity index (χ3v) is 3.25. The maximum absolute atomic E-state index is 11.6. The standard InChI is InChI=1S/C14H25NO4/c1-3-18-12-8-11(9-12)10-13(16)15-7-5-6-14(17)19-4-2/h11-12H,3-10H2,1-2H3,(H,15,16). The van der Waals surface area contributed by atoms with E-state index in [1.54, 1.807) is 6.92 Å². The molecule has 1 amide bonds. The van der Waals surface area contributed by atoms with Crippen LogP contribution in [0, 0.1) is 5.92 Å². The van der Waals surface area contributed by atoms with Gasteiger partial charge >= 0.3 is 5.97 Å². The molecule has 0 saturated heterocycles. The van der Waals surface area contributed by atoms with Gasteiger partial charge in [0.05, 0.1) is 12.7 Å². The van der Waals surface area contributed by atoms with Crippen molar-refractivity contribution in [3.63, 3.8) is 0 Å². The molecule has 1 rings (SSSR count). The lowest BCUT2D eigenvalue weighted by Crippen LogP contribution is -2.36. The molecule has 0 bridgehead atoms. The van der Waals surface area contributed by atoms with Crippen molar-refractivity contribution in [2.75, 3.05) is 19.8 Å². The molecule has 0 aliphatic heterocycles. The number of carbonyl (C=O) groups excluding carboxylic acids is 2. The van der Waals surface area contributed by atoms with E-state index in [-0.39, 0.29) is 11.9 Å². The quantitative estimate of drug-likeness (QED) is 0.511. The molecule has 0 aromatic heterocycles. The largest absolute Gasteiger partial charge is 0.466 e. The van der Waals surface area contributed by atoms with Crippen LogP contribution in [0.2, 0.25) is 0 Å². The first-order valence-electron chi connectivity index (χ1n) is 7.19. The minimum absolute atomic E-state index is 0.0730. The third-order valence-electron chi connectivity index (χ3n) is 3.25. The van der Waals surface area contributed by atoms with Crippen molar-refractivity contribution in [3.05, 3.63) is 0 Å². The van der Waals surface area contributed by atoms with Crippen LogP contribution in [0.15, 0.2) is 0 Å². The molecule has 1 N–H and O–H groups in total. The Morgan fingerprint density at radius 3 is 2.58 bits per heavy atom. The number of amides is 1. The topological polar surface area (TPSA) is 64.6 Å². The number of esters is 1. The van der Waals surface area contributed by atoms with Crippen LogP contribution in [0.25, 0.3) is 0 Å². The molecule has 1 aliphatic rings. The van der Waals surface area contributed by atoms with Crippen LogP contribution in [0.5, 0.6) is 0 Å². The predicted octanol–water partition coefficient (Wildman–Crippen LogP) is 1.65. The lowest BCUT2D eigenvalue weighted by Gasteiger charge is -2.34. The summed E-state index contributed by atoms with van der Waals surface area (Å²) in [6.45, 7) is 5.47. The summed E-state index contributed by atoms with van der Waals surface area (Å²) < 4.78 is 10.3. The van der Waals surface area contributed by atoms with Crippen LogP contribution < -0.4 is 5.32 Å². The first kappa shape index (κ1) is 16.0. The Balaban J connectivity index is 1.96. The van der Waals surface area contributed by atoms with Gasteiger partial charge in [-0.15, -0.1) is 0 Å². The SMILES string of the molecule is CCOC(=O)CCCNC(=O)CC1CC(OCC)C1. The van der Waals surface area contributed by atoms with Gasteiger partial charge in [-0.1, -0.05) is 0 Å². The monoisotopic (exact) mass is 271 g/mol. The van der Waals surface area contributed by atoms with Gasteiger partial charge in [-0.3, -0.25) is 9.59 Å². The average molecular weight is 271 g/mol. The number of hydrogen-bond acceptors (Lipinski definition) is 4. The molecule has 0 heterocycles. The lowest BCUT2D eigenvalue weighted by atomic mass is 9.80. The first-order valence-corrected chi connectivity index (χ1v) is 7.19. The zero-order valence-electron chi connectivity index (χ0n) is 11.9. The van der Waals surface area contributed by atoms with Gasteiger partial charge in [0.25, 0.3) is 0 Å². The second kappa shape index (κ2) is 8.91. The Morgan fingerprint density at radius 2 is 1.95 bits per heavy atom. The second-order valence-electron chi connectivity index (χ2n) is 4.88. The smallest absolute Gasteiger partial charge is 0.305 e. The molecule has 0 radical (unpaired) electrons. The van der Waals surface area contributed by atoms with E-state index in [0.29, 0.717) is 44.4 Å². The van der Waals surface area contributed by atoms with Gasteiger partial charge in [0, 0.05) is 26.0 Å². The Bertz CT molecular complexity index is 287. The summed E-state index contributed by atoms with van der Waals surface area (Å²) in [5.41, 5.74) is 0. The first-order chi connectivity index (χ1) is 9.15. The second-order valence-corrected chi connectivity index (χ2v) is 4.88. The summed E-state index contributed by atoms with van der Waals surface area (Å²) in [5, 5.41) is 2.84. The van der Waals surface area contributed by atoms with Gasteiger partial charge in [0.15, 0.2) is 0 Å². The van der Waals surface area contributed by atoms with Gasteiger partial charge in [-0.05, 0) is 39.0 Å². The zero-order valence-corrected chi connectivity index (χ0v) is 11.9. The molecule has 110 valence electrons. The van der Waals surface area contributed by atoms with Crippen molar-refractivity contribution in [2.24, 2.45) is 5.92 Å². The molecular weight excluding hydrogens is 246 g/mol. The van der Waals surface area contributed by atoms with E-state index >= 15 is 0 Å². The minimum atomic E-state index is -0.199. The van der Waals surface area contributed by atoms with Crippen LogP contribution in [0.1, 0.15) is 46.0 Å². The van der Waals surface area contributed by atoms with Crippen molar-refractivity contribution in [1.29, 1.82) is 0 Å². The van der Waals surface area contributed by atoms with Gasteiger partial charge in [0.2, 0.25) is 5.91 Å². The maximum atomic E-state index is 11.6. The Labute approximate surface area is 115 Å². The van der Waals surface area contributed by atoms with E-state index < -0.39 is 0 Å². The molecular formula is C14H25NO4. The van der Waals surface area contributed by atoms with Crippen molar-refractivity contribution in [2.45, 2.75) is 52.1 Å². The van der Waals surface area contributed by atoms with E-state index in [2.05, 4.69) is 5.32 Å². The van der Waals surface area contributed by atoms with Crippen molar-refractivity contribution < 1.29 is 19.1 Å². The van der Waals surface area contributed by atoms with E-state index in [1.807, 2.05) is 6.92 Å². The third kappa shape index (κ3) is 6.57. The molecule has 0 aromatic carbocycles. The van der Waals surface area contributed by atoms with Crippen molar-refractivity contribution in [3.8, 4) is 0 Å². The Kier molecular flexibility index (Phi) is 7.48. The van der Waals surface area contributed by atoms with Crippen LogP contribution in [-0.2, 0) is 19.1 Å². The molecule has 0 unspecified atom stereocenters. The zero-order chi connectivity index (χ0) is 14.1. The van der Waals surface area contributed by atoms with Crippen LogP contribution >= 0.6 is 0 Å². The molecule has 1 fully saturated rings. The fourth-order valence-corrected chi connectivity index (χ4v) is 2.24. The van der Waals surface area contributed by atoms with E-state index in [9.17, 15) is 9.59 Å². The summed E-state index contributed by atoms with van der Waals surface area (Å²) in [4.78, 5) is 22.7. The van der Waals surface area contributed by atoms with E-state index in [1.165, 1.54) is 0 Å². The highest BCUT2D eigenvalue weighted by Crippen LogP contribution is 2.32. The maximum Gasteiger partial charge on any atom is 0.305 e. The summed E-state index contributed by atoms with van der Waals surface area (Å²) in [7, 11) is 0. The number of rotatable bonds is 9. The molecule has 1 aliphatic carbocycles. The molecule has 19 heavy (non-hydrogen) atoms. The van der Waals surface area contributed by atoms with E-state index in [0.717, 1.165) is 19.4 Å². The summed E-state index contributed by atoms with van der Waals surface area (Å²) in [5.74, 6) is 0.334. The van der Waals surface area contributed by atoms with Crippen molar-refractivity contribution >= 4 is 11.9 Å². The highest BCUT2D eigenvalue weighted by atomic mass is 16.5. The predicted molar refractivity (Wildman–Crippen MR) is 71.6 cm³/mol. The van der Waals surface area contributed by atoms with Crippen LogP contribution in [0.4, 0.5) is 0 Å². The molecule has 0 atom stereocenters. The van der Waals surface area contributed by atoms with E-state index in [4.69, 9.17) is 9.47 Å². The molecule has 5 nitrogen and oxygen atoms in total. The number of carbonyl (C=O) groups is 2. The summed E-state index contributed by atoms with van der Waals surface area (Å²) in [6.07, 6.45) is 3.91. The van der Waals surface area contributed by atoms with Crippen LogP contribution in [-0.4, -0.2) is 37.7 Å². The van der Waals surface area contributed by atoms with Gasteiger partial charge in [-0.25, -0.2) is 0 Å². The average Bonchev–Trinajstić information content (AvgIpc) is 2.32. The van der Waals surface area contributed by atoms with Gasteiger partial charge in [-0.2, -0.15) is 0 Å². The minimum Gasteiger partial charge on any atom is -0.466 e. The normalized spacial score (nSPS) is 21.6. The van der Waals surface area contributed by atoms with Crippen LogP contribution in [0.3, 0.4) is 0 Å². The van der Waals surface area contributed by atoms with Gasteiger partial charge < -0.3 is 14.8 Å². The lowest BCUT2D eigenvalue weighted by molar-refractivity contribution is -0.143. The molecule has 5 heteroatoms. The highest BCUT2D eigenvalue weighted by Gasteiger charge is 2.30.